The molecule has 1 saturated heterocycles. The normalized spacial score (nSPS) is 16.7. The first kappa shape index (κ1) is 56.5. The van der Waals surface area contributed by atoms with E-state index in [2.05, 4.69) is 26.6 Å². The van der Waals surface area contributed by atoms with E-state index in [1.807, 2.05) is 24.3 Å². The van der Waals surface area contributed by atoms with Gasteiger partial charge in [0.25, 0.3) is 0 Å². The van der Waals surface area contributed by atoms with Gasteiger partial charge in [-0.2, -0.15) is 0 Å². The summed E-state index contributed by atoms with van der Waals surface area (Å²) in [4.78, 5) is 125. The first-order valence-electron chi connectivity index (χ1n) is 22.9. The average Bonchev–Trinajstić information content (AvgIpc) is 3.58. The number of rotatable bonds is 31. The van der Waals surface area contributed by atoms with Gasteiger partial charge in [0.2, 0.25) is 35.4 Å². The molecule has 1 aliphatic rings. The minimum Gasteiger partial charge on any atom is -0.481 e. The topological polar surface area (TPSA) is 323 Å². The molecular weight excluding hydrogens is 903 g/mol. The molecule has 70 heavy (non-hydrogen) atoms. The van der Waals surface area contributed by atoms with Crippen LogP contribution in [0.3, 0.4) is 0 Å². The van der Waals surface area contributed by atoms with E-state index < -0.39 is 114 Å². The molecule has 2 aromatic rings. The number of ketones is 2. The molecule has 0 aromatic heterocycles. The first-order chi connectivity index (χ1) is 33.4. The quantitative estimate of drug-likeness (QED) is 0.0227. The van der Waals surface area contributed by atoms with Gasteiger partial charge in [0.05, 0.1) is 31.3 Å². The molecule has 2 unspecified atom stereocenters. The molecule has 11 N–H and O–H groups in total. The number of carboxylic acid groups (broad SMARTS) is 2. The van der Waals surface area contributed by atoms with Gasteiger partial charge in [-0.05, 0) is 62.3 Å². The van der Waals surface area contributed by atoms with Gasteiger partial charge in [0.15, 0.2) is 17.5 Å². The summed E-state index contributed by atoms with van der Waals surface area (Å²) in [5.41, 5.74) is 13.3. The van der Waals surface area contributed by atoms with Crippen LogP contribution in [0.1, 0.15) is 82.3 Å². The van der Waals surface area contributed by atoms with Crippen molar-refractivity contribution in [1.29, 1.82) is 0 Å². The summed E-state index contributed by atoms with van der Waals surface area (Å²) < 4.78 is 0. The molecule has 6 atom stereocenters. The van der Waals surface area contributed by atoms with Gasteiger partial charge in [-0.15, -0.1) is 0 Å². The molecule has 2 aromatic carbocycles. The van der Waals surface area contributed by atoms with Crippen molar-refractivity contribution in [1.82, 2.24) is 26.6 Å². The Morgan fingerprint density at radius 1 is 0.643 bits per heavy atom. The van der Waals surface area contributed by atoms with Crippen LogP contribution in [0.15, 0.2) is 121 Å². The molecule has 0 bridgehead atoms. The highest BCUT2D eigenvalue weighted by Crippen LogP contribution is 2.17. The molecule has 374 valence electrons. The standard InChI is InChI=1S/C51H63N7O12/c1-33(22-16-12-10-8-6-4-2-3-5-7-9-11-13-21-27-41(59)45-46(65)37(31-43(61)62)55-51(45)70)54-48(67)39(30-42(53)60)57-50(69)40(32-44(63)64)58-49(68)38(29-35-25-19-15-20-26-35)56-47(66)36(52)28-34-23-17-14-18-24-34/h4,6,8,10,12,14-27,36-40,45H,2-3,5,7,9,11,13,28-32,52H2,1H3,(H2,53,60)(H,54,67)(H,55,70)(H,56,66)(H,57,69)(H,58,68)(H,61,62)(H,63,64)/b6-4+,10-8+,16-12+,27-21+,33-22+/t36-,37?,38+,39+,40-,45?/m0/s1. The van der Waals surface area contributed by atoms with Gasteiger partial charge in [0.1, 0.15) is 18.1 Å². The molecule has 0 radical (unpaired) electrons. The number of hydrogen-bond donors (Lipinski definition) is 9. The summed E-state index contributed by atoms with van der Waals surface area (Å²) in [7, 11) is 0. The van der Waals surface area contributed by atoms with Crippen molar-refractivity contribution in [2.75, 3.05) is 0 Å². The van der Waals surface area contributed by atoms with Crippen LogP contribution in [0.5, 0.6) is 0 Å². The van der Waals surface area contributed by atoms with Crippen molar-refractivity contribution in [3.05, 3.63) is 132 Å². The minimum absolute atomic E-state index is 0.0323. The number of unbranched alkanes of at least 4 members (excludes halogenated alkanes) is 6. The highest BCUT2D eigenvalue weighted by Gasteiger charge is 2.45. The maximum absolute atomic E-state index is 13.7. The highest BCUT2D eigenvalue weighted by molar-refractivity contribution is 6.27. The molecule has 0 aliphatic carbocycles. The lowest BCUT2D eigenvalue weighted by molar-refractivity contribution is -0.141. The number of nitrogens with two attached hydrogens (primary N) is 2. The van der Waals surface area contributed by atoms with Crippen molar-refractivity contribution in [2.45, 2.75) is 114 Å². The van der Waals surface area contributed by atoms with Crippen molar-refractivity contribution < 1.29 is 58.2 Å². The van der Waals surface area contributed by atoms with Gasteiger partial charge >= 0.3 is 11.9 Å². The van der Waals surface area contributed by atoms with Crippen LogP contribution in [0.2, 0.25) is 0 Å². The Hall–Kier alpha value is -7.80. The maximum atomic E-state index is 13.7. The van der Waals surface area contributed by atoms with Crippen LogP contribution >= 0.6 is 0 Å². The second-order valence-electron chi connectivity index (χ2n) is 16.6. The van der Waals surface area contributed by atoms with E-state index >= 15 is 0 Å². The van der Waals surface area contributed by atoms with Crippen molar-refractivity contribution in [3.8, 4) is 0 Å². The lowest BCUT2D eigenvalue weighted by atomic mass is 9.96. The lowest BCUT2D eigenvalue weighted by Gasteiger charge is -2.25. The molecule has 19 nitrogen and oxygen atoms in total. The van der Waals surface area contributed by atoms with Gasteiger partial charge in [-0.25, -0.2) is 0 Å². The predicted molar refractivity (Wildman–Crippen MR) is 259 cm³/mol. The number of carbonyl (C=O) groups is 10. The van der Waals surface area contributed by atoms with Crippen LogP contribution < -0.4 is 38.1 Å². The zero-order valence-corrected chi connectivity index (χ0v) is 39.1. The predicted octanol–water partition coefficient (Wildman–Crippen LogP) is 2.31. The van der Waals surface area contributed by atoms with E-state index in [4.69, 9.17) is 16.6 Å². The molecule has 1 aliphatic heterocycles. The first-order valence-corrected chi connectivity index (χ1v) is 22.9. The molecule has 1 fully saturated rings. The lowest BCUT2D eigenvalue weighted by Crippen LogP contribution is -2.59. The minimum atomic E-state index is -1.73. The summed E-state index contributed by atoms with van der Waals surface area (Å²) in [6.45, 7) is 1.57. The molecule has 1 heterocycles. The second kappa shape index (κ2) is 30.6. The Morgan fingerprint density at radius 3 is 1.77 bits per heavy atom. The largest absolute Gasteiger partial charge is 0.481 e. The monoisotopic (exact) mass is 965 g/mol. The van der Waals surface area contributed by atoms with Gasteiger partial charge < -0.3 is 48.3 Å². The third-order valence-corrected chi connectivity index (χ3v) is 10.7. The van der Waals surface area contributed by atoms with Crippen LogP contribution in [-0.4, -0.2) is 99.4 Å². The summed E-state index contributed by atoms with van der Waals surface area (Å²) >= 11 is 0. The SMILES string of the molecule is C\C(=C/C=C/C=C/C=C/CCCCCCC/C=C/C(=O)C1C(=O)NC(CC(=O)O)C1=O)NC(=O)[C@@H](CC(N)=O)NC(=O)[C@H](CC(=O)O)NC(=O)[C@@H](Cc1ccccc1)NC(=O)[C@@H](N)Cc1ccccc1. The Kier molecular flexibility index (Phi) is 24.7. The molecule has 3 rings (SSSR count). The van der Waals surface area contributed by atoms with Crippen LogP contribution in [0.25, 0.3) is 0 Å². The summed E-state index contributed by atoms with van der Waals surface area (Å²) in [6.07, 6.45) is 19.5. The number of carboxylic acids is 2. The zero-order chi connectivity index (χ0) is 51.4. The van der Waals surface area contributed by atoms with Gasteiger partial charge in [-0.1, -0.05) is 122 Å². The summed E-state index contributed by atoms with van der Waals surface area (Å²) in [6, 6.07) is 10.9. The number of Topliss-reactive ketones (excluding diaryl/α,β-unsaturated/α-hetero) is 1. The smallest absolute Gasteiger partial charge is 0.305 e. The van der Waals surface area contributed by atoms with Crippen molar-refractivity contribution >= 4 is 58.9 Å². The Bertz CT molecular complexity index is 2310. The van der Waals surface area contributed by atoms with E-state index in [1.54, 1.807) is 91.9 Å². The van der Waals surface area contributed by atoms with Crippen molar-refractivity contribution in [3.63, 3.8) is 0 Å². The second-order valence-corrected chi connectivity index (χ2v) is 16.6. The van der Waals surface area contributed by atoms with E-state index in [1.165, 1.54) is 6.08 Å². The van der Waals surface area contributed by atoms with Crippen LogP contribution in [-0.2, 0) is 60.8 Å². The average molecular weight is 966 g/mol. The summed E-state index contributed by atoms with van der Waals surface area (Å²) in [5.74, 6) is -10.7. The van der Waals surface area contributed by atoms with E-state index in [9.17, 15) is 53.1 Å². The Morgan fingerprint density at radius 2 is 1.17 bits per heavy atom. The molecule has 0 saturated carbocycles. The number of amides is 6. The number of hydrogen-bond acceptors (Lipinski definition) is 11. The number of aliphatic carboxylic acids is 2. The van der Waals surface area contributed by atoms with Crippen LogP contribution in [0.4, 0.5) is 0 Å². The zero-order valence-electron chi connectivity index (χ0n) is 39.1. The van der Waals surface area contributed by atoms with Crippen molar-refractivity contribution in [2.24, 2.45) is 17.4 Å². The van der Waals surface area contributed by atoms with E-state index in [0.29, 0.717) is 17.7 Å². The Labute approximate surface area is 406 Å². The number of benzene rings is 2. The highest BCUT2D eigenvalue weighted by atomic mass is 16.4. The molecule has 19 heteroatoms. The van der Waals surface area contributed by atoms with Crippen LogP contribution in [0, 0.1) is 5.92 Å². The molecule has 6 amide bonds. The fourth-order valence-corrected chi connectivity index (χ4v) is 7.13. The molecule has 0 spiro atoms. The number of carbonyl (C=O) groups excluding carboxylic acids is 8. The third kappa shape index (κ3) is 21.4. The Balaban J connectivity index is 1.45. The van der Waals surface area contributed by atoms with E-state index in [0.717, 1.165) is 44.1 Å². The maximum Gasteiger partial charge on any atom is 0.305 e. The molecular formula is C51H63N7O12. The van der Waals surface area contributed by atoms with Gasteiger partial charge in [-0.3, -0.25) is 47.9 Å². The number of allylic oxidation sites excluding steroid dienone is 10. The van der Waals surface area contributed by atoms with E-state index in [-0.39, 0.29) is 12.8 Å². The van der Waals surface area contributed by atoms with Gasteiger partial charge in [0, 0.05) is 12.1 Å². The number of primary amides is 1. The summed E-state index contributed by atoms with van der Waals surface area (Å²) in [5, 5.41) is 30.7. The number of nitrogens with one attached hydrogen (secondary N) is 5. The fourth-order valence-electron chi connectivity index (χ4n) is 7.13. The fraction of sp³-hybridized carbons (Fsp3) is 0.373. The third-order valence-electron chi connectivity index (χ3n) is 10.7.